The van der Waals surface area contributed by atoms with Gasteiger partial charge in [0.05, 0.1) is 6.04 Å². The first kappa shape index (κ1) is 32.1. The van der Waals surface area contributed by atoms with Gasteiger partial charge in [-0.05, 0) is 50.2 Å². The first-order chi connectivity index (χ1) is 18.5. The Morgan fingerprint density at radius 3 is 2.28 bits per heavy atom. The highest BCUT2D eigenvalue weighted by molar-refractivity contribution is 5.91. The van der Waals surface area contributed by atoms with Crippen molar-refractivity contribution in [2.24, 2.45) is 11.8 Å². The molecule has 1 aliphatic rings. The average Bonchev–Trinajstić information content (AvgIpc) is 2.90. The molecule has 0 aliphatic heterocycles. The zero-order valence-corrected chi connectivity index (χ0v) is 24.4. The van der Waals surface area contributed by atoms with Crippen molar-refractivity contribution in [1.82, 2.24) is 16.0 Å². The van der Waals surface area contributed by atoms with E-state index in [0.717, 1.165) is 36.0 Å². The van der Waals surface area contributed by atoms with Gasteiger partial charge >= 0.3 is 12.1 Å². The molecule has 1 saturated carbocycles. The number of alkyl carbamates (subject to hydrolysis) is 1. The molecule has 1 fully saturated rings. The summed E-state index contributed by atoms with van der Waals surface area (Å²) in [5.74, 6) is -0.885. The number of carbonyl (C=O) groups excluding carboxylic acids is 4. The van der Waals surface area contributed by atoms with Crippen molar-refractivity contribution in [2.75, 3.05) is 6.61 Å². The minimum Gasteiger partial charge on any atom is -0.464 e. The molecule has 0 spiro atoms. The molecule has 0 bridgehead atoms. The highest BCUT2D eigenvalue weighted by Gasteiger charge is 2.31. The summed E-state index contributed by atoms with van der Waals surface area (Å²) in [5, 5.41) is 8.38. The lowest BCUT2D eigenvalue weighted by Gasteiger charge is -2.30. The fraction of sp³-hybridized carbons (Fsp3) is 0.667. The van der Waals surface area contributed by atoms with Gasteiger partial charge in [0.1, 0.15) is 25.3 Å². The molecule has 3 amide bonds. The maximum absolute atomic E-state index is 13.4. The number of rotatable bonds is 13. The second-order valence-electron chi connectivity index (χ2n) is 11.0. The van der Waals surface area contributed by atoms with Gasteiger partial charge in [-0.15, -0.1) is 0 Å². The predicted molar refractivity (Wildman–Crippen MR) is 150 cm³/mol. The van der Waals surface area contributed by atoms with Gasteiger partial charge in [-0.1, -0.05) is 76.1 Å². The maximum atomic E-state index is 13.4. The van der Waals surface area contributed by atoms with E-state index in [2.05, 4.69) is 16.0 Å². The standard InChI is InChI=1S/C30H47N3O6/c1-7-20(3)27(29(36)32-26(18-38-23(6)34)16-24-11-9-8-10-12-24)33-28(35)22(5)31-30(37)39-17-25-15-19(2)13-14-21(25)4/h13-15,20,22,24,26-27H,7-12,16-18H2,1-6H3,(H,31,37)(H,32,36)(H,33,35)/t20?,22-,26?,27-/m0/s1. The number of benzene rings is 1. The highest BCUT2D eigenvalue weighted by Crippen LogP contribution is 2.27. The molecule has 0 radical (unpaired) electrons. The third-order valence-corrected chi connectivity index (χ3v) is 7.56. The van der Waals surface area contributed by atoms with E-state index in [9.17, 15) is 19.2 Å². The minimum atomic E-state index is -0.908. The SMILES string of the molecule is CCC(C)[C@H](NC(=O)[C@H](C)NC(=O)OCc1cc(C)ccc1C)C(=O)NC(COC(C)=O)CC1CCCCC1. The van der Waals surface area contributed by atoms with Gasteiger partial charge in [0.15, 0.2) is 0 Å². The largest absolute Gasteiger partial charge is 0.464 e. The zero-order valence-electron chi connectivity index (χ0n) is 24.4. The number of ether oxygens (including phenoxy) is 2. The van der Waals surface area contributed by atoms with E-state index >= 15 is 0 Å². The molecule has 4 atom stereocenters. The van der Waals surface area contributed by atoms with Crippen molar-refractivity contribution in [3.05, 3.63) is 34.9 Å². The summed E-state index contributed by atoms with van der Waals surface area (Å²) in [6.45, 7) is 10.8. The van der Waals surface area contributed by atoms with Crippen LogP contribution in [0, 0.1) is 25.7 Å². The molecule has 3 N–H and O–H groups in total. The van der Waals surface area contributed by atoms with Crippen LogP contribution in [0.1, 0.15) is 89.3 Å². The van der Waals surface area contributed by atoms with E-state index in [-0.39, 0.29) is 31.1 Å². The summed E-state index contributed by atoms with van der Waals surface area (Å²) in [5.41, 5.74) is 2.97. The Morgan fingerprint density at radius 2 is 1.64 bits per heavy atom. The van der Waals surface area contributed by atoms with Crippen molar-refractivity contribution in [1.29, 1.82) is 0 Å². The summed E-state index contributed by atoms with van der Waals surface area (Å²) in [7, 11) is 0. The fourth-order valence-corrected chi connectivity index (χ4v) is 4.87. The molecule has 218 valence electrons. The number of hydrogen-bond donors (Lipinski definition) is 3. The molecule has 2 rings (SSSR count). The Hall–Kier alpha value is -3.10. The molecule has 9 nitrogen and oxygen atoms in total. The Balaban J connectivity index is 1.97. The topological polar surface area (TPSA) is 123 Å². The van der Waals surface area contributed by atoms with Gasteiger partial charge in [-0.25, -0.2) is 4.79 Å². The Kier molecular flexibility index (Phi) is 13.3. The molecular weight excluding hydrogens is 498 g/mol. The van der Waals surface area contributed by atoms with E-state index in [4.69, 9.17) is 9.47 Å². The van der Waals surface area contributed by atoms with Crippen molar-refractivity contribution in [2.45, 2.75) is 111 Å². The maximum Gasteiger partial charge on any atom is 0.408 e. The molecule has 0 saturated heterocycles. The minimum absolute atomic E-state index is 0.0936. The monoisotopic (exact) mass is 545 g/mol. The molecule has 39 heavy (non-hydrogen) atoms. The van der Waals surface area contributed by atoms with E-state index in [1.807, 2.05) is 45.9 Å². The summed E-state index contributed by atoms with van der Waals surface area (Å²) < 4.78 is 10.6. The van der Waals surface area contributed by atoms with Gasteiger partial charge in [0.25, 0.3) is 0 Å². The summed E-state index contributed by atoms with van der Waals surface area (Å²) >= 11 is 0. The van der Waals surface area contributed by atoms with Crippen molar-refractivity contribution in [3.8, 4) is 0 Å². The highest BCUT2D eigenvalue weighted by atomic mass is 16.5. The molecule has 9 heteroatoms. The third kappa shape index (κ3) is 11.3. The van der Waals surface area contributed by atoms with E-state index in [0.29, 0.717) is 12.3 Å². The van der Waals surface area contributed by atoms with Crippen LogP contribution in [0.4, 0.5) is 4.79 Å². The summed E-state index contributed by atoms with van der Waals surface area (Å²) in [6.07, 6.45) is 6.44. The Bertz CT molecular complexity index is 975. The smallest absolute Gasteiger partial charge is 0.408 e. The second kappa shape index (κ2) is 16.1. The normalized spacial score (nSPS) is 16.8. The van der Waals surface area contributed by atoms with Crippen LogP contribution < -0.4 is 16.0 Å². The van der Waals surface area contributed by atoms with Crippen LogP contribution >= 0.6 is 0 Å². The predicted octanol–water partition coefficient (Wildman–Crippen LogP) is 4.47. The van der Waals surface area contributed by atoms with Crippen LogP contribution in [0.3, 0.4) is 0 Å². The van der Waals surface area contributed by atoms with Gasteiger partial charge in [-0.2, -0.15) is 0 Å². The number of hydrogen-bond acceptors (Lipinski definition) is 6. The van der Waals surface area contributed by atoms with E-state index in [1.165, 1.54) is 26.2 Å². The number of nitrogens with one attached hydrogen (secondary N) is 3. The molecule has 1 aliphatic carbocycles. The van der Waals surface area contributed by atoms with Gasteiger partial charge in [0, 0.05) is 6.92 Å². The lowest BCUT2D eigenvalue weighted by molar-refractivity contribution is -0.142. The average molecular weight is 546 g/mol. The number of esters is 1. The van der Waals surface area contributed by atoms with Crippen molar-refractivity contribution < 1.29 is 28.7 Å². The van der Waals surface area contributed by atoms with Crippen LogP contribution in [0.25, 0.3) is 0 Å². The van der Waals surface area contributed by atoms with Crippen molar-refractivity contribution >= 4 is 23.9 Å². The Morgan fingerprint density at radius 1 is 0.949 bits per heavy atom. The summed E-state index contributed by atoms with van der Waals surface area (Å²) in [4.78, 5) is 50.1. The lowest BCUT2D eigenvalue weighted by atomic mass is 9.85. The first-order valence-corrected chi connectivity index (χ1v) is 14.2. The fourth-order valence-electron chi connectivity index (χ4n) is 4.87. The van der Waals surface area contributed by atoms with E-state index < -0.39 is 30.1 Å². The second-order valence-corrected chi connectivity index (χ2v) is 11.0. The van der Waals surface area contributed by atoms with Crippen LogP contribution in [-0.4, -0.2) is 48.6 Å². The molecule has 0 aromatic heterocycles. The number of aryl methyl sites for hydroxylation is 2. The lowest BCUT2D eigenvalue weighted by Crippen LogP contribution is -2.57. The van der Waals surface area contributed by atoms with E-state index in [1.54, 1.807) is 6.92 Å². The third-order valence-electron chi connectivity index (χ3n) is 7.56. The van der Waals surface area contributed by atoms with Crippen molar-refractivity contribution in [3.63, 3.8) is 0 Å². The van der Waals surface area contributed by atoms with Crippen LogP contribution in [0.15, 0.2) is 18.2 Å². The van der Waals surface area contributed by atoms with Crippen LogP contribution in [-0.2, 0) is 30.5 Å². The molecule has 0 heterocycles. The first-order valence-electron chi connectivity index (χ1n) is 14.2. The quantitative estimate of drug-likeness (QED) is 0.315. The number of carbonyl (C=O) groups is 4. The zero-order chi connectivity index (χ0) is 28.9. The van der Waals surface area contributed by atoms with Crippen LogP contribution in [0.5, 0.6) is 0 Å². The Labute approximate surface area is 233 Å². The number of amides is 3. The molecule has 2 unspecified atom stereocenters. The van der Waals surface area contributed by atoms with Gasteiger partial charge < -0.3 is 25.4 Å². The van der Waals surface area contributed by atoms with Gasteiger partial charge in [0.2, 0.25) is 11.8 Å². The van der Waals surface area contributed by atoms with Gasteiger partial charge in [-0.3, -0.25) is 14.4 Å². The molecular formula is C30H47N3O6. The van der Waals surface area contributed by atoms with Crippen LogP contribution in [0.2, 0.25) is 0 Å². The molecule has 1 aromatic carbocycles. The molecule has 1 aromatic rings. The summed E-state index contributed by atoms with van der Waals surface area (Å²) in [6, 6.07) is 3.87.